The number of hydrogen-bond acceptors (Lipinski definition) is 3. The highest BCUT2D eigenvalue weighted by Gasteiger charge is 2.47. The number of ketones is 1. The highest BCUT2D eigenvalue weighted by atomic mass is 28.4. The van der Waals surface area contributed by atoms with Gasteiger partial charge in [-0.05, 0) is 82.3 Å². The Kier molecular flexibility index (Phi) is 8.16. The molecule has 27 heavy (non-hydrogen) atoms. The quantitative estimate of drug-likeness (QED) is 0.411. The average molecular weight is 397 g/mol. The minimum atomic E-state index is -1.59. The zero-order valence-corrected chi connectivity index (χ0v) is 20.0. The molecule has 5 atom stereocenters. The molecule has 0 N–H and O–H groups in total. The van der Waals surface area contributed by atoms with Crippen molar-refractivity contribution in [3.63, 3.8) is 0 Å². The van der Waals surface area contributed by atoms with E-state index in [0.717, 1.165) is 38.7 Å². The first-order chi connectivity index (χ1) is 12.7. The number of fused-ring (bicyclic) bond motifs is 1. The van der Waals surface area contributed by atoms with Crippen molar-refractivity contribution >= 4 is 14.1 Å². The summed E-state index contributed by atoms with van der Waals surface area (Å²) in [4.78, 5) is 12.3. The Bertz CT molecular complexity index is 478. The van der Waals surface area contributed by atoms with Gasteiger partial charge in [0.2, 0.25) is 0 Å². The molecule has 0 aromatic carbocycles. The summed E-state index contributed by atoms with van der Waals surface area (Å²) >= 11 is 0. The maximum absolute atomic E-state index is 12.3. The average Bonchev–Trinajstić information content (AvgIpc) is 3.09. The van der Waals surface area contributed by atoms with Gasteiger partial charge in [0.25, 0.3) is 0 Å². The van der Waals surface area contributed by atoms with Gasteiger partial charge in [-0.2, -0.15) is 0 Å². The third-order valence-electron chi connectivity index (χ3n) is 7.80. The zero-order valence-electron chi connectivity index (χ0n) is 19.0. The second-order valence-electron chi connectivity index (χ2n) is 9.84. The molecule has 0 bridgehead atoms. The van der Waals surface area contributed by atoms with Gasteiger partial charge in [0.1, 0.15) is 5.78 Å². The van der Waals surface area contributed by atoms with Crippen LogP contribution < -0.4 is 0 Å². The van der Waals surface area contributed by atoms with Crippen LogP contribution in [-0.4, -0.2) is 32.4 Å². The predicted octanol–water partition coefficient (Wildman–Crippen LogP) is 6.22. The SMILES string of the molecule is CC[Si](CC)(CC)OC(C)(C)CCOC(C)C1CCC2C(=O)CC[C@@H](C)C21. The lowest BCUT2D eigenvalue weighted by Crippen LogP contribution is -2.45. The molecule has 3 nitrogen and oxygen atoms in total. The van der Waals surface area contributed by atoms with Crippen molar-refractivity contribution in [2.45, 2.75) is 110 Å². The number of ether oxygens (including phenoxy) is 1. The van der Waals surface area contributed by atoms with Crippen molar-refractivity contribution in [2.75, 3.05) is 6.61 Å². The topological polar surface area (TPSA) is 35.5 Å². The number of hydrogen-bond donors (Lipinski definition) is 0. The standard InChI is InChI=1S/C23H44O3Si/c1-8-27(9-2,10-3)26-23(6,7)15-16-25-18(5)19-12-13-20-21(24)14-11-17(4)22(19)20/h17-20,22H,8-16H2,1-7H3/t17-,18?,19?,20?,22?/m1/s1. The Morgan fingerprint density at radius 1 is 1.11 bits per heavy atom. The summed E-state index contributed by atoms with van der Waals surface area (Å²) < 4.78 is 13.0. The summed E-state index contributed by atoms with van der Waals surface area (Å²) in [6, 6.07) is 3.58. The third kappa shape index (κ3) is 5.45. The molecule has 0 heterocycles. The van der Waals surface area contributed by atoms with Gasteiger partial charge in [0, 0.05) is 18.9 Å². The molecular formula is C23H44O3Si. The van der Waals surface area contributed by atoms with Crippen LogP contribution in [0.4, 0.5) is 0 Å². The Labute approximate surface area is 169 Å². The lowest BCUT2D eigenvalue weighted by atomic mass is 9.70. The van der Waals surface area contributed by atoms with E-state index in [1.807, 2.05) is 0 Å². The van der Waals surface area contributed by atoms with Gasteiger partial charge in [0.15, 0.2) is 8.32 Å². The highest BCUT2D eigenvalue weighted by molar-refractivity contribution is 6.73. The van der Waals surface area contributed by atoms with Crippen LogP contribution >= 0.6 is 0 Å². The molecule has 2 aliphatic carbocycles. The summed E-state index contributed by atoms with van der Waals surface area (Å²) in [5, 5.41) is 0. The van der Waals surface area contributed by atoms with E-state index in [-0.39, 0.29) is 11.7 Å². The number of carbonyl (C=O) groups is 1. The van der Waals surface area contributed by atoms with Gasteiger partial charge in [-0.15, -0.1) is 0 Å². The molecule has 0 saturated heterocycles. The fourth-order valence-corrected chi connectivity index (χ4v) is 8.97. The minimum Gasteiger partial charge on any atom is -0.412 e. The van der Waals surface area contributed by atoms with Gasteiger partial charge in [-0.1, -0.05) is 27.7 Å². The fourth-order valence-electron chi connectivity index (χ4n) is 5.76. The van der Waals surface area contributed by atoms with Gasteiger partial charge < -0.3 is 9.16 Å². The van der Waals surface area contributed by atoms with Gasteiger partial charge >= 0.3 is 0 Å². The van der Waals surface area contributed by atoms with E-state index in [9.17, 15) is 4.79 Å². The number of rotatable bonds is 10. The van der Waals surface area contributed by atoms with E-state index in [1.165, 1.54) is 18.1 Å². The van der Waals surface area contributed by atoms with Crippen LogP contribution in [0.3, 0.4) is 0 Å². The lowest BCUT2D eigenvalue weighted by Gasteiger charge is -2.39. The molecule has 2 fully saturated rings. The normalized spacial score (nSPS) is 30.4. The maximum Gasteiger partial charge on any atom is 0.192 e. The van der Waals surface area contributed by atoms with E-state index >= 15 is 0 Å². The van der Waals surface area contributed by atoms with E-state index < -0.39 is 8.32 Å². The molecule has 2 saturated carbocycles. The molecule has 4 heteroatoms. The van der Waals surface area contributed by atoms with Crippen LogP contribution in [0.1, 0.15) is 80.6 Å². The van der Waals surface area contributed by atoms with Crippen molar-refractivity contribution in [2.24, 2.45) is 23.7 Å². The van der Waals surface area contributed by atoms with E-state index in [1.54, 1.807) is 0 Å². The van der Waals surface area contributed by atoms with E-state index in [0.29, 0.717) is 29.5 Å². The Hall–Kier alpha value is -0.193. The predicted molar refractivity (Wildman–Crippen MR) is 116 cm³/mol. The molecular weight excluding hydrogens is 352 g/mol. The molecule has 0 radical (unpaired) electrons. The molecule has 2 aliphatic rings. The van der Waals surface area contributed by atoms with Gasteiger partial charge in [-0.3, -0.25) is 4.79 Å². The summed E-state index contributed by atoms with van der Waals surface area (Å²) in [5.41, 5.74) is -0.111. The molecule has 0 spiro atoms. The second-order valence-corrected chi connectivity index (χ2v) is 14.5. The maximum atomic E-state index is 12.3. The van der Waals surface area contributed by atoms with Gasteiger partial charge in [-0.25, -0.2) is 0 Å². The highest BCUT2D eigenvalue weighted by Crippen LogP contribution is 2.49. The Morgan fingerprint density at radius 2 is 1.74 bits per heavy atom. The summed E-state index contributed by atoms with van der Waals surface area (Å²) in [6.07, 6.45) is 5.30. The first-order valence-corrected chi connectivity index (χ1v) is 14.1. The zero-order chi connectivity index (χ0) is 20.2. The summed E-state index contributed by atoms with van der Waals surface area (Å²) in [6.45, 7) is 16.7. The molecule has 0 aliphatic heterocycles. The fraction of sp³-hybridized carbons (Fsp3) is 0.957. The number of carbonyl (C=O) groups excluding carboxylic acids is 1. The van der Waals surface area contributed by atoms with Crippen molar-refractivity contribution in [3.8, 4) is 0 Å². The largest absolute Gasteiger partial charge is 0.412 e. The van der Waals surface area contributed by atoms with Crippen LogP contribution in [0, 0.1) is 23.7 Å². The lowest BCUT2D eigenvalue weighted by molar-refractivity contribution is -0.128. The molecule has 0 aromatic rings. The monoisotopic (exact) mass is 396 g/mol. The smallest absolute Gasteiger partial charge is 0.192 e. The van der Waals surface area contributed by atoms with Crippen molar-refractivity contribution in [3.05, 3.63) is 0 Å². The van der Waals surface area contributed by atoms with Crippen molar-refractivity contribution in [1.82, 2.24) is 0 Å². The van der Waals surface area contributed by atoms with Crippen LogP contribution in [0.2, 0.25) is 18.1 Å². The van der Waals surface area contributed by atoms with Gasteiger partial charge in [0.05, 0.1) is 11.7 Å². The van der Waals surface area contributed by atoms with Crippen LogP contribution in [0.25, 0.3) is 0 Å². The first kappa shape index (κ1) is 23.1. The Morgan fingerprint density at radius 3 is 2.33 bits per heavy atom. The molecule has 4 unspecified atom stereocenters. The van der Waals surface area contributed by atoms with Crippen LogP contribution in [-0.2, 0) is 14.0 Å². The van der Waals surface area contributed by atoms with Crippen molar-refractivity contribution in [1.29, 1.82) is 0 Å². The van der Waals surface area contributed by atoms with Crippen LogP contribution in [0.15, 0.2) is 0 Å². The minimum absolute atomic E-state index is 0.111. The summed E-state index contributed by atoms with van der Waals surface area (Å²) in [7, 11) is -1.59. The third-order valence-corrected chi connectivity index (χ3v) is 12.7. The first-order valence-electron chi connectivity index (χ1n) is 11.5. The molecule has 0 amide bonds. The van der Waals surface area contributed by atoms with E-state index in [4.69, 9.17) is 9.16 Å². The second kappa shape index (κ2) is 9.54. The summed E-state index contributed by atoms with van der Waals surface area (Å²) in [5.74, 6) is 2.59. The Balaban J connectivity index is 1.86. The van der Waals surface area contributed by atoms with Crippen molar-refractivity contribution < 1.29 is 14.0 Å². The molecule has 158 valence electrons. The molecule has 0 aromatic heterocycles. The van der Waals surface area contributed by atoms with E-state index in [2.05, 4.69) is 48.5 Å². The number of Topliss-reactive ketones (excluding diaryl/α,β-unsaturated/α-hetero) is 1. The molecule has 2 rings (SSSR count). The van der Waals surface area contributed by atoms with Crippen LogP contribution in [0.5, 0.6) is 0 Å².